The third kappa shape index (κ3) is 4.11. The van der Waals surface area contributed by atoms with Crippen molar-refractivity contribution >= 4 is 50.8 Å². The fourth-order valence-electron chi connectivity index (χ4n) is 1.77. The van der Waals surface area contributed by atoms with E-state index in [0.717, 1.165) is 27.3 Å². The Morgan fingerprint density at radius 2 is 2.24 bits per heavy atom. The fourth-order valence-corrected chi connectivity index (χ4v) is 2.88. The minimum absolute atomic E-state index is 0.0947. The van der Waals surface area contributed by atoms with Crippen LogP contribution >= 0.6 is 27.7 Å². The number of carboxylic acids is 1. The van der Waals surface area contributed by atoms with E-state index in [-0.39, 0.29) is 12.4 Å². The van der Waals surface area contributed by atoms with Gasteiger partial charge in [-0.3, -0.25) is 4.79 Å². The van der Waals surface area contributed by atoms with Crippen molar-refractivity contribution < 1.29 is 19.4 Å². The van der Waals surface area contributed by atoms with Gasteiger partial charge in [-0.05, 0) is 18.2 Å². The summed E-state index contributed by atoms with van der Waals surface area (Å²) in [5.74, 6) is -1.02. The number of hydrogen-bond donors (Lipinski definition) is 2. The molecule has 0 bridgehead atoms. The van der Waals surface area contributed by atoms with Gasteiger partial charge in [0.25, 0.3) is 0 Å². The summed E-state index contributed by atoms with van der Waals surface area (Å²) < 4.78 is 7.41. The first-order valence-electron chi connectivity index (χ1n) is 5.90. The van der Waals surface area contributed by atoms with Gasteiger partial charge in [0.2, 0.25) is 0 Å². The molecule has 3 N–H and O–H groups in total. The minimum atomic E-state index is -0.923. The quantitative estimate of drug-likeness (QED) is 0.750. The molecule has 0 radical (unpaired) electrons. The van der Waals surface area contributed by atoms with Crippen LogP contribution in [0.1, 0.15) is 0 Å². The third-order valence-electron chi connectivity index (χ3n) is 2.56. The molecule has 1 aromatic carbocycles. The molecule has 7 nitrogen and oxygen atoms in total. The molecule has 0 fully saturated rings. The second-order valence-electron chi connectivity index (χ2n) is 4.03. The highest BCUT2D eigenvalue weighted by Gasteiger charge is 2.13. The number of benzene rings is 1. The lowest BCUT2D eigenvalue weighted by molar-refractivity contribution is -0.133. The number of thioether (sulfide) groups is 1. The maximum atomic E-state index is 10.7. The van der Waals surface area contributed by atoms with Gasteiger partial charge in [-0.15, -0.1) is 0 Å². The summed E-state index contributed by atoms with van der Waals surface area (Å²) >= 11 is 4.47. The monoisotopic (exact) mass is 373 g/mol. The van der Waals surface area contributed by atoms with Crippen LogP contribution in [0.3, 0.4) is 0 Å². The van der Waals surface area contributed by atoms with Crippen LogP contribution in [-0.4, -0.2) is 39.1 Å². The van der Waals surface area contributed by atoms with Crippen LogP contribution in [0, 0.1) is 0 Å². The minimum Gasteiger partial charge on any atom is -0.481 e. The zero-order valence-corrected chi connectivity index (χ0v) is 13.2. The molecular weight excluding hydrogens is 362 g/mol. The molecule has 0 saturated heterocycles. The molecule has 2 aromatic rings. The van der Waals surface area contributed by atoms with Crippen LogP contribution in [0.25, 0.3) is 11.0 Å². The number of aliphatic carboxylic acids is 1. The second kappa shape index (κ2) is 6.81. The molecular formula is C12H12BrN3O4S. The third-order valence-corrected chi connectivity index (χ3v) is 4.01. The fraction of sp³-hybridized carbons (Fsp3) is 0.250. The summed E-state index contributed by atoms with van der Waals surface area (Å²) in [4.78, 5) is 25.7. The highest BCUT2D eigenvalue weighted by Crippen LogP contribution is 2.26. The molecule has 0 aliphatic carbocycles. The number of nitrogens with zero attached hydrogens (tertiary/aromatic N) is 2. The standard InChI is InChI=1S/C12H12BrN3O4S/c13-7-1-2-9-8(5-7)15-12(21-6-10(17)18)16(9)3-4-20-11(14)19/h1-2,5H,3-4,6H2,(H2,14,19)(H,17,18). The lowest BCUT2D eigenvalue weighted by atomic mass is 10.3. The van der Waals surface area contributed by atoms with Gasteiger partial charge >= 0.3 is 12.1 Å². The van der Waals surface area contributed by atoms with Crippen molar-refractivity contribution in [1.82, 2.24) is 9.55 Å². The molecule has 0 unspecified atom stereocenters. The van der Waals surface area contributed by atoms with Gasteiger partial charge in [0, 0.05) is 4.47 Å². The van der Waals surface area contributed by atoms with Crippen molar-refractivity contribution in [2.24, 2.45) is 5.73 Å². The van der Waals surface area contributed by atoms with Gasteiger partial charge in [-0.25, -0.2) is 9.78 Å². The van der Waals surface area contributed by atoms with E-state index in [1.807, 2.05) is 18.2 Å². The number of carbonyl (C=O) groups is 2. The van der Waals surface area contributed by atoms with E-state index in [4.69, 9.17) is 15.6 Å². The normalized spacial score (nSPS) is 10.7. The Kier molecular flexibility index (Phi) is 5.07. The first-order chi connectivity index (χ1) is 9.97. The van der Waals surface area contributed by atoms with Crippen molar-refractivity contribution in [3.8, 4) is 0 Å². The van der Waals surface area contributed by atoms with Gasteiger partial charge < -0.3 is 20.1 Å². The van der Waals surface area contributed by atoms with Gasteiger partial charge in [0.05, 0.1) is 23.3 Å². The molecule has 2 rings (SSSR count). The number of imidazole rings is 1. The Balaban J connectivity index is 2.29. The van der Waals surface area contributed by atoms with E-state index >= 15 is 0 Å². The number of aromatic nitrogens is 2. The summed E-state index contributed by atoms with van der Waals surface area (Å²) in [5.41, 5.74) is 6.49. The van der Waals surface area contributed by atoms with Gasteiger partial charge in [-0.2, -0.15) is 0 Å². The molecule has 0 aliphatic heterocycles. The summed E-state index contributed by atoms with van der Waals surface area (Å²) in [6.07, 6.45) is -0.845. The maximum Gasteiger partial charge on any atom is 0.404 e. The molecule has 0 aliphatic rings. The van der Waals surface area contributed by atoms with Crippen molar-refractivity contribution in [2.45, 2.75) is 11.7 Å². The Labute approximate surface area is 132 Å². The Morgan fingerprint density at radius 3 is 2.90 bits per heavy atom. The largest absolute Gasteiger partial charge is 0.481 e. The summed E-state index contributed by atoms with van der Waals surface area (Å²) in [5, 5.41) is 9.34. The Morgan fingerprint density at radius 1 is 1.48 bits per heavy atom. The van der Waals surface area contributed by atoms with E-state index < -0.39 is 12.1 Å². The first-order valence-corrected chi connectivity index (χ1v) is 7.68. The molecule has 0 atom stereocenters. The second-order valence-corrected chi connectivity index (χ2v) is 5.89. The van der Waals surface area contributed by atoms with Crippen LogP contribution in [0.4, 0.5) is 4.79 Å². The van der Waals surface area contributed by atoms with E-state index in [2.05, 4.69) is 20.9 Å². The Hall–Kier alpha value is -1.74. The average Bonchev–Trinajstić information content (AvgIpc) is 2.73. The molecule has 1 heterocycles. The SMILES string of the molecule is NC(=O)OCCn1c(SCC(=O)O)nc2cc(Br)ccc21. The zero-order chi connectivity index (χ0) is 15.4. The van der Waals surface area contributed by atoms with Crippen molar-refractivity contribution in [2.75, 3.05) is 12.4 Å². The van der Waals surface area contributed by atoms with Crippen LogP contribution in [0.15, 0.2) is 27.8 Å². The van der Waals surface area contributed by atoms with E-state index in [1.165, 1.54) is 0 Å². The number of nitrogens with two attached hydrogens (primary N) is 1. The number of carboxylic acid groups (broad SMARTS) is 1. The lowest BCUT2D eigenvalue weighted by Gasteiger charge is -2.08. The van der Waals surface area contributed by atoms with Crippen molar-refractivity contribution in [3.63, 3.8) is 0 Å². The van der Waals surface area contributed by atoms with Gasteiger partial charge in [0.1, 0.15) is 6.61 Å². The van der Waals surface area contributed by atoms with Crippen LogP contribution < -0.4 is 5.73 Å². The Bertz CT molecular complexity index is 688. The number of hydrogen-bond acceptors (Lipinski definition) is 5. The predicted molar refractivity (Wildman–Crippen MR) is 81.3 cm³/mol. The number of rotatable bonds is 6. The van der Waals surface area contributed by atoms with Crippen LogP contribution in [-0.2, 0) is 16.1 Å². The summed E-state index contributed by atoms with van der Waals surface area (Å²) in [7, 11) is 0. The lowest BCUT2D eigenvalue weighted by Crippen LogP contribution is -2.17. The molecule has 1 aromatic heterocycles. The molecule has 21 heavy (non-hydrogen) atoms. The topological polar surface area (TPSA) is 107 Å². The highest BCUT2D eigenvalue weighted by molar-refractivity contribution is 9.10. The number of ether oxygens (including phenoxy) is 1. The molecule has 9 heteroatoms. The van der Waals surface area contributed by atoms with Gasteiger partial charge in [0.15, 0.2) is 5.16 Å². The van der Waals surface area contributed by atoms with E-state index in [0.29, 0.717) is 11.7 Å². The first kappa shape index (κ1) is 15.6. The smallest absolute Gasteiger partial charge is 0.404 e. The summed E-state index contributed by atoms with van der Waals surface area (Å²) in [6.45, 7) is 0.445. The number of carbonyl (C=O) groups excluding carboxylic acids is 1. The number of fused-ring (bicyclic) bond motifs is 1. The molecule has 0 spiro atoms. The predicted octanol–water partition coefficient (Wildman–Crippen LogP) is 2.07. The van der Waals surface area contributed by atoms with Gasteiger partial charge in [-0.1, -0.05) is 27.7 Å². The van der Waals surface area contributed by atoms with Crippen molar-refractivity contribution in [1.29, 1.82) is 0 Å². The zero-order valence-electron chi connectivity index (χ0n) is 10.8. The van der Waals surface area contributed by atoms with Crippen LogP contribution in [0.5, 0.6) is 0 Å². The number of amides is 1. The molecule has 112 valence electrons. The van der Waals surface area contributed by atoms with E-state index in [9.17, 15) is 9.59 Å². The van der Waals surface area contributed by atoms with Crippen molar-refractivity contribution in [3.05, 3.63) is 22.7 Å². The van der Waals surface area contributed by atoms with E-state index in [1.54, 1.807) is 4.57 Å². The average molecular weight is 374 g/mol. The number of halogens is 1. The summed E-state index contributed by atoms with van der Waals surface area (Å²) in [6, 6.07) is 5.56. The van der Waals surface area contributed by atoms with Crippen LogP contribution in [0.2, 0.25) is 0 Å². The number of primary amides is 1. The molecule has 1 amide bonds. The maximum absolute atomic E-state index is 10.7. The highest BCUT2D eigenvalue weighted by atomic mass is 79.9. The molecule has 0 saturated carbocycles.